The Morgan fingerprint density at radius 1 is 1.38 bits per heavy atom. The largest absolute Gasteiger partial charge is 0.489 e. The van der Waals surface area contributed by atoms with Crippen molar-refractivity contribution in [2.45, 2.75) is 39.3 Å². The molecule has 0 aliphatic heterocycles. The van der Waals surface area contributed by atoms with Gasteiger partial charge in [0.1, 0.15) is 5.75 Å². The van der Waals surface area contributed by atoms with E-state index in [1.54, 1.807) is 6.20 Å². The Hall–Kier alpha value is -1.35. The molecule has 0 aliphatic rings. The van der Waals surface area contributed by atoms with E-state index in [0.717, 1.165) is 17.7 Å². The van der Waals surface area contributed by atoms with Crippen molar-refractivity contribution in [3.05, 3.63) is 30.1 Å². The summed E-state index contributed by atoms with van der Waals surface area (Å²) in [7, 11) is 0. The minimum Gasteiger partial charge on any atom is -0.489 e. The fraction of sp³-hybridized carbons (Fsp3) is 0.462. The number of aromatic nitrogens is 1. The van der Waals surface area contributed by atoms with E-state index < -0.39 is 0 Å². The first-order valence-corrected chi connectivity index (χ1v) is 5.61. The first-order chi connectivity index (χ1) is 7.58. The van der Waals surface area contributed by atoms with E-state index in [2.05, 4.69) is 11.1 Å². The molecule has 0 fully saturated rings. The van der Waals surface area contributed by atoms with E-state index in [9.17, 15) is 0 Å². The van der Waals surface area contributed by atoms with Crippen molar-refractivity contribution in [2.75, 3.05) is 0 Å². The number of ether oxygens (including phenoxy) is 1. The van der Waals surface area contributed by atoms with Gasteiger partial charge in [-0.15, -0.1) is 0 Å². The van der Waals surface area contributed by atoms with E-state index >= 15 is 0 Å². The van der Waals surface area contributed by atoms with Gasteiger partial charge in [-0.25, -0.2) is 0 Å². The van der Waals surface area contributed by atoms with Gasteiger partial charge in [0.2, 0.25) is 0 Å². The molecular weight excluding hydrogens is 200 g/mol. The molecule has 16 heavy (non-hydrogen) atoms. The Morgan fingerprint density at radius 2 is 2.12 bits per heavy atom. The average Bonchev–Trinajstić information content (AvgIpc) is 2.16. The molecule has 0 radical (unpaired) electrons. The van der Waals surface area contributed by atoms with Gasteiger partial charge >= 0.3 is 0 Å². The molecular formula is C13H20N2O. The van der Waals surface area contributed by atoms with Crippen molar-refractivity contribution in [3.63, 3.8) is 0 Å². The lowest BCUT2D eigenvalue weighted by atomic mass is 10.2. The molecule has 1 aromatic rings. The number of hydrogen-bond acceptors (Lipinski definition) is 3. The molecule has 3 nitrogen and oxygen atoms in total. The van der Waals surface area contributed by atoms with Gasteiger partial charge in [0, 0.05) is 12.2 Å². The van der Waals surface area contributed by atoms with Crippen molar-refractivity contribution in [3.8, 4) is 5.75 Å². The molecule has 0 saturated heterocycles. The second-order valence-electron chi connectivity index (χ2n) is 4.24. The van der Waals surface area contributed by atoms with E-state index in [-0.39, 0.29) is 12.1 Å². The van der Waals surface area contributed by atoms with Gasteiger partial charge in [0.05, 0.1) is 12.3 Å². The maximum Gasteiger partial charge on any atom is 0.138 e. The van der Waals surface area contributed by atoms with Crippen LogP contribution >= 0.6 is 0 Å². The Kier molecular flexibility index (Phi) is 4.99. The highest BCUT2D eigenvalue weighted by molar-refractivity contribution is 5.49. The molecule has 2 N–H and O–H groups in total. The molecule has 0 bridgehead atoms. The molecule has 0 amide bonds. The fourth-order valence-corrected chi connectivity index (χ4v) is 1.28. The summed E-state index contributed by atoms with van der Waals surface area (Å²) in [4.78, 5) is 4.13. The van der Waals surface area contributed by atoms with Gasteiger partial charge in [-0.2, -0.15) is 0 Å². The van der Waals surface area contributed by atoms with Crippen LogP contribution in [0.4, 0.5) is 0 Å². The van der Waals surface area contributed by atoms with Crippen LogP contribution in [-0.4, -0.2) is 17.1 Å². The zero-order valence-corrected chi connectivity index (χ0v) is 10.2. The molecule has 1 aromatic heterocycles. The molecule has 0 saturated carbocycles. The van der Waals surface area contributed by atoms with E-state index in [1.165, 1.54) is 0 Å². The van der Waals surface area contributed by atoms with Crippen LogP contribution < -0.4 is 10.5 Å². The number of nitrogens with zero attached hydrogens (tertiary/aromatic N) is 1. The quantitative estimate of drug-likeness (QED) is 0.829. The van der Waals surface area contributed by atoms with Gasteiger partial charge in [-0.05, 0) is 38.8 Å². The summed E-state index contributed by atoms with van der Waals surface area (Å²) in [6.07, 6.45) is 8.65. The van der Waals surface area contributed by atoms with Gasteiger partial charge in [0.25, 0.3) is 0 Å². The van der Waals surface area contributed by atoms with E-state index in [0.29, 0.717) is 0 Å². The van der Waals surface area contributed by atoms with Crippen LogP contribution in [0.5, 0.6) is 5.75 Å². The lowest BCUT2D eigenvalue weighted by Gasteiger charge is -2.09. The van der Waals surface area contributed by atoms with E-state index in [1.807, 2.05) is 39.1 Å². The number of pyridine rings is 1. The highest BCUT2D eigenvalue weighted by atomic mass is 16.5. The van der Waals surface area contributed by atoms with Crippen LogP contribution in [-0.2, 0) is 0 Å². The monoisotopic (exact) mass is 220 g/mol. The number of rotatable bonds is 5. The Balaban J connectivity index is 2.63. The summed E-state index contributed by atoms with van der Waals surface area (Å²) in [5.41, 5.74) is 6.70. The van der Waals surface area contributed by atoms with E-state index in [4.69, 9.17) is 10.5 Å². The normalized spacial score (nSPS) is 13.3. The zero-order chi connectivity index (χ0) is 12.0. The zero-order valence-electron chi connectivity index (χ0n) is 10.2. The highest BCUT2D eigenvalue weighted by Gasteiger charge is 1.98. The third kappa shape index (κ3) is 4.94. The van der Waals surface area contributed by atoms with Crippen molar-refractivity contribution in [1.29, 1.82) is 0 Å². The maximum absolute atomic E-state index is 5.66. The van der Waals surface area contributed by atoms with Crippen LogP contribution in [0.1, 0.15) is 32.8 Å². The van der Waals surface area contributed by atoms with Crippen LogP contribution in [0.2, 0.25) is 0 Å². The van der Waals surface area contributed by atoms with Crippen LogP contribution in [0, 0.1) is 0 Å². The molecule has 0 spiro atoms. The average molecular weight is 220 g/mol. The summed E-state index contributed by atoms with van der Waals surface area (Å²) in [6.45, 7) is 5.98. The van der Waals surface area contributed by atoms with Gasteiger partial charge in [-0.3, -0.25) is 4.98 Å². The predicted octanol–water partition coefficient (Wildman–Crippen LogP) is 2.62. The van der Waals surface area contributed by atoms with Crippen LogP contribution in [0.25, 0.3) is 6.08 Å². The van der Waals surface area contributed by atoms with Crippen LogP contribution in [0.15, 0.2) is 24.5 Å². The maximum atomic E-state index is 5.66. The summed E-state index contributed by atoms with van der Waals surface area (Å²) >= 11 is 0. The summed E-state index contributed by atoms with van der Waals surface area (Å²) in [6, 6.07) is 2.17. The summed E-state index contributed by atoms with van der Waals surface area (Å²) < 4.78 is 5.56. The fourth-order valence-electron chi connectivity index (χ4n) is 1.28. The molecule has 0 aromatic carbocycles. The molecule has 1 unspecified atom stereocenters. The molecule has 1 rings (SSSR count). The lowest BCUT2D eigenvalue weighted by molar-refractivity contribution is 0.241. The predicted molar refractivity (Wildman–Crippen MR) is 67.3 cm³/mol. The third-order valence-electron chi connectivity index (χ3n) is 1.92. The summed E-state index contributed by atoms with van der Waals surface area (Å²) in [5.74, 6) is 0.804. The Morgan fingerprint density at radius 3 is 2.75 bits per heavy atom. The number of nitrogens with two attached hydrogens (primary N) is 1. The van der Waals surface area contributed by atoms with Crippen molar-refractivity contribution >= 4 is 6.08 Å². The first-order valence-electron chi connectivity index (χ1n) is 5.61. The minimum atomic E-state index is 0.171. The molecule has 88 valence electrons. The lowest BCUT2D eigenvalue weighted by Crippen LogP contribution is -2.12. The second kappa shape index (κ2) is 6.28. The standard InChI is InChI=1S/C13H20N2O/c1-10(2)16-13-7-12(8-15-9-13)6-4-5-11(3)14/h4,6-11H,5,14H2,1-3H3. The van der Waals surface area contributed by atoms with Gasteiger partial charge in [-0.1, -0.05) is 12.2 Å². The Bertz CT molecular complexity index is 346. The van der Waals surface area contributed by atoms with Crippen molar-refractivity contribution in [1.82, 2.24) is 4.98 Å². The highest BCUT2D eigenvalue weighted by Crippen LogP contribution is 2.14. The smallest absolute Gasteiger partial charge is 0.138 e. The SMILES string of the molecule is CC(N)CC=Cc1cncc(OC(C)C)c1. The Labute approximate surface area is 97.3 Å². The third-order valence-corrected chi connectivity index (χ3v) is 1.92. The van der Waals surface area contributed by atoms with Crippen LogP contribution in [0.3, 0.4) is 0 Å². The minimum absolute atomic E-state index is 0.171. The molecule has 0 aliphatic carbocycles. The molecule has 1 atom stereocenters. The van der Waals surface area contributed by atoms with Gasteiger partial charge < -0.3 is 10.5 Å². The van der Waals surface area contributed by atoms with Crippen molar-refractivity contribution < 1.29 is 4.74 Å². The topological polar surface area (TPSA) is 48.1 Å². The molecule has 1 heterocycles. The van der Waals surface area contributed by atoms with Crippen molar-refractivity contribution in [2.24, 2.45) is 5.73 Å². The first kappa shape index (κ1) is 12.7. The number of hydrogen-bond donors (Lipinski definition) is 1. The van der Waals surface area contributed by atoms with Gasteiger partial charge in [0.15, 0.2) is 0 Å². The summed E-state index contributed by atoms with van der Waals surface area (Å²) in [5, 5.41) is 0. The second-order valence-corrected chi connectivity index (χ2v) is 4.24. The molecule has 3 heteroatoms.